The van der Waals surface area contributed by atoms with E-state index in [1.165, 1.54) is 22.7 Å². The van der Waals surface area contributed by atoms with Gasteiger partial charge in [-0.05, 0) is 24.6 Å². The van der Waals surface area contributed by atoms with E-state index in [0.717, 1.165) is 44.9 Å². The summed E-state index contributed by atoms with van der Waals surface area (Å²) in [4.78, 5) is 22.1. The van der Waals surface area contributed by atoms with Gasteiger partial charge >= 0.3 is 0 Å². The molecule has 8 heteroatoms. The van der Waals surface area contributed by atoms with Crippen LogP contribution in [0.4, 0.5) is 0 Å². The first-order chi connectivity index (χ1) is 13.2. The quantitative estimate of drug-likeness (QED) is 0.520. The van der Waals surface area contributed by atoms with E-state index < -0.39 is 0 Å². The Kier molecular flexibility index (Phi) is 3.95. The third-order valence-electron chi connectivity index (χ3n) is 4.40. The largest absolute Gasteiger partial charge is 0.454 e. The van der Waals surface area contributed by atoms with E-state index in [1.54, 1.807) is 11.6 Å². The summed E-state index contributed by atoms with van der Waals surface area (Å²) in [6.07, 6.45) is 0.939. The lowest BCUT2D eigenvalue weighted by molar-refractivity contribution is 0.0998. The zero-order valence-electron chi connectivity index (χ0n) is 14.5. The van der Waals surface area contributed by atoms with Gasteiger partial charge in [-0.15, -0.1) is 11.3 Å². The Morgan fingerprint density at radius 3 is 2.93 bits per heavy atom. The van der Waals surface area contributed by atoms with Crippen molar-refractivity contribution in [3.63, 3.8) is 0 Å². The highest BCUT2D eigenvalue weighted by atomic mass is 32.1. The lowest BCUT2D eigenvalue weighted by atomic mass is 10.2. The fraction of sp³-hybridized carbons (Fsp3) is 0.211. The van der Waals surface area contributed by atoms with Gasteiger partial charge in [0.2, 0.25) is 6.79 Å². The number of nitrogens with zero attached hydrogens (tertiary/aromatic N) is 3. The van der Waals surface area contributed by atoms with Crippen LogP contribution in [0.5, 0.6) is 11.5 Å². The first kappa shape index (κ1) is 16.5. The SMILES string of the molecule is CCCn1c(=NC(=O)c2ccc3ncsc3c2)sc2cc3c(cc21)OCO3. The van der Waals surface area contributed by atoms with E-state index in [1.807, 2.05) is 24.3 Å². The molecule has 1 aliphatic rings. The zero-order valence-corrected chi connectivity index (χ0v) is 16.1. The third kappa shape index (κ3) is 2.81. The summed E-state index contributed by atoms with van der Waals surface area (Å²) >= 11 is 3.01. The number of rotatable bonds is 3. The summed E-state index contributed by atoms with van der Waals surface area (Å²) in [5.41, 5.74) is 4.26. The number of benzene rings is 2. The summed E-state index contributed by atoms with van der Waals surface area (Å²) in [5, 5.41) is 0. The van der Waals surface area contributed by atoms with Crippen molar-refractivity contribution in [2.45, 2.75) is 19.9 Å². The number of ether oxygens (including phenoxy) is 2. The molecule has 6 nitrogen and oxygen atoms in total. The average molecular weight is 397 g/mol. The van der Waals surface area contributed by atoms with Crippen LogP contribution >= 0.6 is 22.7 Å². The number of carbonyl (C=O) groups is 1. The minimum atomic E-state index is -0.248. The van der Waals surface area contributed by atoms with Crippen molar-refractivity contribution in [1.82, 2.24) is 9.55 Å². The molecule has 2 aromatic heterocycles. The molecule has 0 atom stereocenters. The van der Waals surface area contributed by atoms with Crippen LogP contribution in [0, 0.1) is 0 Å². The second kappa shape index (κ2) is 6.47. The Hall–Kier alpha value is -2.71. The summed E-state index contributed by atoms with van der Waals surface area (Å²) in [6, 6.07) is 9.42. The van der Waals surface area contributed by atoms with Crippen molar-refractivity contribution in [1.29, 1.82) is 0 Å². The van der Waals surface area contributed by atoms with Crippen molar-refractivity contribution in [3.05, 3.63) is 46.2 Å². The van der Waals surface area contributed by atoms with Gasteiger partial charge in [0.25, 0.3) is 5.91 Å². The number of thiazole rings is 2. The van der Waals surface area contributed by atoms with Crippen LogP contribution in [0.2, 0.25) is 0 Å². The van der Waals surface area contributed by atoms with Gasteiger partial charge in [-0.1, -0.05) is 18.3 Å². The number of carbonyl (C=O) groups excluding carboxylic acids is 1. The van der Waals surface area contributed by atoms with Crippen LogP contribution in [0.3, 0.4) is 0 Å². The summed E-state index contributed by atoms with van der Waals surface area (Å²) in [5.74, 6) is 1.22. The number of amides is 1. The van der Waals surface area contributed by atoms with Gasteiger partial charge in [-0.2, -0.15) is 4.99 Å². The first-order valence-corrected chi connectivity index (χ1v) is 10.3. The Morgan fingerprint density at radius 2 is 2.07 bits per heavy atom. The molecule has 5 rings (SSSR count). The Bertz CT molecular complexity index is 1250. The van der Waals surface area contributed by atoms with Crippen LogP contribution < -0.4 is 14.3 Å². The highest BCUT2D eigenvalue weighted by molar-refractivity contribution is 7.17. The maximum atomic E-state index is 12.8. The minimum Gasteiger partial charge on any atom is -0.454 e. The number of aromatic nitrogens is 2. The third-order valence-corrected chi connectivity index (χ3v) is 6.23. The molecule has 4 aromatic rings. The topological polar surface area (TPSA) is 65.7 Å². The predicted octanol–water partition coefficient (Wildman–Crippen LogP) is 4.19. The molecule has 0 saturated carbocycles. The molecule has 27 heavy (non-hydrogen) atoms. The van der Waals surface area contributed by atoms with Gasteiger partial charge in [-0.25, -0.2) is 4.98 Å². The number of aryl methyl sites for hydroxylation is 1. The maximum absolute atomic E-state index is 12.8. The Morgan fingerprint density at radius 1 is 1.22 bits per heavy atom. The van der Waals surface area contributed by atoms with Gasteiger partial charge in [0.15, 0.2) is 16.3 Å². The van der Waals surface area contributed by atoms with Crippen molar-refractivity contribution < 1.29 is 14.3 Å². The van der Waals surface area contributed by atoms with Crippen LogP contribution in [0.25, 0.3) is 20.4 Å². The van der Waals surface area contributed by atoms with Crippen molar-refractivity contribution >= 4 is 49.0 Å². The lowest BCUT2D eigenvalue weighted by Gasteiger charge is -2.03. The second-order valence-corrected chi connectivity index (χ2v) is 8.06. The Balaban J connectivity index is 1.64. The number of fused-ring (bicyclic) bond motifs is 3. The molecule has 0 spiro atoms. The average Bonchev–Trinajstić information content (AvgIpc) is 3.38. The fourth-order valence-electron chi connectivity index (χ4n) is 3.12. The molecule has 0 N–H and O–H groups in total. The van der Waals surface area contributed by atoms with Crippen LogP contribution in [0.1, 0.15) is 23.7 Å². The molecule has 1 aliphatic heterocycles. The van der Waals surface area contributed by atoms with Gasteiger partial charge < -0.3 is 14.0 Å². The molecule has 1 amide bonds. The van der Waals surface area contributed by atoms with Crippen molar-refractivity contribution in [3.8, 4) is 11.5 Å². The molecule has 0 radical (unpaired) electrons. The number of hydrogen-bond donors (Lipinski definition) is 0. The van der Waals surface area contributed by atoms with Crippen LogP contribution in [-0.2, 0) is 6.54 Å². The second-order valence-electron chi connectivity index (χ2n) is 6.16. The van der Waals surface area contributed by atoms with Gasteiger partial charge in [0, 0.05) is 24.2 Å². The van der Waals surface area contributed by atoms with Gasteiger partial charge in [0.05, 0.1) is 25.9 Å². The molecule has 3 heterocycles. The molecule has 0 bridgehead atoms. The summed E-state index contributed by atoms with van der Waals surface area (Å²) in [7, 11) is 0. The minimum absolute atomic E-state index is 0.246. The fourth-order valence-corrected chi connectivity index (χ4v) is 4.91. The lowest BCUT2D eigenvalue weighted by Crippen LogP contribution is -2.16. The molecule has 2 aromatic carbocycles. The van der Waals surface area contributed by atoms with E-state index in [4.69, 9.17) is 9.47 Å². The van der Waals surface area contributed by atoms with E-state index in [9.17, 15) is 4.79 Å². The van der Waals surface area contributed by atoms with E-state index in [0.29, 0.717) is 10.4 Å². The smallest absolute Gasteiger partial charge is 0.279 e. The standard InChI is InChI=1S/C19H15N3O3S2/c1-2-5-22-13-7-14-15(25-10-24-14)8-17(13)27-19(22)21-18(23)11-3-4-12-16(6-11)26-9-20-12/h3-4,6-9H,2,5,10H2,1H3. The highest BCUT2D eigenvalue weighted by Gasteiger charge is 2.18. The first-order valence-electron chi connectivity index (χ1n) is 8.58. The van der Waals surface area contributed by atoms with E-state index >= 15 is 0 Å². The molecule has 0 aliphatic carbocycles. The molecular formula is C19H15N3O3S2. The monoisotopic (exact) mass is 397 g/mol. The highest BCUT2D eigenvalue weighted by Crippen LogP contribution is 2.37. The molecule has 0 unspecified atom stereocenters. The number of hydrogen-bond acceptors (Lipinski definition) is 6. The molecular weight excluding hydrogens is 382 g/mol. The summed E-state index contributed by atoms with van der Waals surface area (Å²) in [6.45, 7) is 3.13. The molecule has 0 fully saturated rings. The predicted molar refractivity (Wildman–Crippen MR) is 106 cm³/mol. The van der Waals surface area contributed by atoms with E-state index in [2.05, 4.69) is 21.5 Å². The maximum Gasteiger partial charge on any atom is 0.279 e. The molecule has 0 saturated heterocycles. The van der Waals surface area contributed by atoms with Crippen LogP contribution in [0.15, 0.2) is 40.8 Å². The van der Waals surface area contributed by atoms with Crippen LogP contribution in [-0.4, -0.2) is 22.3 Å². The summed E-state index contributed by atoms with van der Waals surface area (Å²) < 4.78 is 15.1. The molecule has 136 valence electrons. The van der Waals surface area contributed by atoms with Crippen molar-refractivity contribution in [2.24, 2.45) is 4.99 Å². The zero-order chi connectivity index (χ0) is 18.4. The van der Waals surface area contributed by atoms with Gasteiger partial charge in [-0.3, -0.25) is 4.79 Å². The normalized spacial score (nSPS) is 13.7. The van der Waals surface area contributed by atoms with E-state index in [-0.39, 0.29) is 12.7 Å². The van der Waals surface area contributed by atoms with Crippen molar-refractivity contribution in [2.75, 3.05) is 6.79 Å². The van der Waals surface area contributed by atoms with Gasteiger partial charge in [0.1, 0.15) is 0 Å². The Labute approximate surface area is 162 Å².